The van der Waals surface area contributed by atoms with Crippen molar-refractivity contribution in [1.29, 1.82) is 0 Å². The molecule has 3 fully saturated rings. The maximum absolute atomic E-state index is 13.4. The zero-order valence-electron chi connectivity index (χ0n) is 18.8. The van der Waals surface area contributed by atoms with E-state index in [1.165, 1.54) is 0 Å². The van der Waals surface area contributed by atoms with Crippen LogP contribution in [0.2, 0.25) is 0 Å². The Bertz CT molecular complexity index is 986. The fourth-order valence-electron chi connectivity index (χ4n) is 5.19. The summed E-state index contributed by atoms with van der Waals surface area (Å²) in [6.07, 6.45) is 6.74. The molecule has 5 rings (SSSR count). The molecule has 0 N–H and O–H groups in total. The highest BCUT2D eigenvalue weighted by Gasteiger charge is 2.56. The third kappa shape index (κ3) is 4.41. The zero-order valence-corrected chi connectivity index (χ0v) is 19.9. The standard InChI is InChI=1S/C25H32N3O3P/c1-30-21-6-4-13-26-20(21)8-14-27-15-11-25(12-16-27)18-28(17-24(31-25)9-10-24)23(29)19-5-2-3-7-22(19)32/h2-7,13H,8-12,14-18,32H2,1H3. The van der Waals surface area contributed by atoms with Gasteiger partial charge in [0.15, 0.2) is 0 Å². The molecule has 2 aliphatic heterocycles. The molecule has 1 unspecified atom stereocenters. The number of morpholine rings is 1. The van der Waals surface area contributed by atoms with Crippen molar-refractivity contribution in [2.75, 3.05) is 39.8 Å². The summed E-state index contributed by atoms with van der Waals surface area (Å²) in [5.41, 5.74) is 1.45. The summed E-state index contributed by atoms with van der Waals surface area (Å²) >= 11 is 0. The number of methoxy groups -OCH3 is 1. The summed E-state index contributed by atoms with van der Waals surface area (Å²) in [6, 6.07) is 11.7. The van der Waals surface area contributed by atoms with Gasteiger partial charge >= 0.3 is 0 Å². The van der Waals surface area contributed by atoms with Crippen molar-refractivity contribution < 1.29 is 14.3 Å². The van der Waals surface area contributed by atoms with Crippen molar-refractivity contribution in [3.8, 4) is 5.75 Å². The van der Waals surface area contributed by atoms with E-state index in [4.69, 9.17) is 9.47 Å². The summed E-state index contributed by atoms with van der Waals surface area (Å²) in [7, 11) is 4.40. The first-order valence-electron chi connectivity index (χ1n) is 11.6. The highest BCUT2D eigenvalue weighted by molar-refractivity contribution is 7.27. The third-order valence-electron chi connectivity index (χ3n) is 7.18. The van der Waals surface area contributed by atoms with Crippen LogP contribution in [0.3, 0.4) is 0 Å². The van der Waals surface area contributed by atoms with Crippen molar-refractivity contribution in [3.05, 3.63) is 53.9 Å². The average molecular weight is 454 g/mol. The van der Waals surface area contributed by atoms with Gasteiger partial charge in [-0.25, -0.2) is 0 Å². The second kappa shape index (κ2) is 8.74. The minimum Gasteiger partial charge on any atom is -0.495 e. The average Bonchev–Trinajstić information content (AvgIpc) is 3.56. The first kappa shape index (κ1) is 21.8. The van der Waals surface area contributed by atoms with E-state index in [-0.39, 0.29) is 17.1 Å². The number of benzene rings is 1. The maximum atomic E-state index is 13.4. The van der Waals surface area contributed by atoms with Gasteiger partial charge in [-0.1, -0.05) is 18.2 Å². The second-order valence-electron chi connectivity index (χ2n) is 9.46. The molecule has 2 spiro atoms. The summed E-state index contributed by atoms with van der Waals surface area (Å²) in [4.78, 5) is 22.4. The molecule has 1 saturated carbocycles. The lowest BCUT2D eigenvalue weighted by molar-refractivity contribution is -0.179. The maximum Gasteiger partial charge on any atom is 0.254 e. The molecule has 1 aliphatic carbocycles. The molecule has 170 valence electrons. The molecular formula is C25H32N3O3P. The number of piperidine rings is 1. The topological polar surface area (TPSA) is 54.9 Å². The zero-order chi connectivity index (χ0) is 22.2. The third-order valence-corrected chi connectivity index (χ3v) is 7.68. The van der Waals surface area contributed by atoms with Crippen LogP contribution in [-0.4, -0.2) is 71.7 Å². The number of hydrogen-bond acceptors (Lipinski definition) is 5. The Kier molecular flexibility index (Phi) is 5.96. The smallest absolute Gasteiger partial charge is 0.254 e. The molecule has 1 aromatic heterocycles. The molecule has 1 atom stereocenters. The fourth-order valence-corrected chi connectivity index (χ4v) is 5.52. The minimum absolute atomic E-state index is 0.118. The van der Waals surface area contributed by atoms with Gasteiger partial charge in [0, 0.05) is 37.8 Å². The first-order valence-corrected chi connectivity index (χ1v) is 12.1. The highest BCUT2D eigenvalue weighted by atomic mass is 31.0. The number of carbonyl (C=O) groups excluding carboxylic acids is 1. The first-order chi connectivity index (χ1) is 15.5. The SMILES string of the molecule is COc1cccnc1CCN1CCC2(CC1)CN(C(=O)c1ccccc1P)CC1(CC1)O2. The predicted octanol–water partition coefficient (Wildman–Crippen LogP) is 2.67. The van der Waals surface area contributed by atoms with E-state index in [0.29, 0.717) is 6.54 Å². The van der Waals surface area contributed by atoms with Crippen molar-refractivity contribution >= 4 is 20.5 Å². The van der Waals surface area contributed by atoms with Crippen molar-refractivity contribution in [3.63, 3.8) is 0 Å². The Hall–Kier alpha value is -2.01. The molecule has 0 radical (unpaired) electrons. The summed E-state index contributed by atoms with van der Waals surface area (Å²) in [6.45, 7) is 4.32. The van der Waals surface area contributed by atoms with E-state index >= 15 is 0 Å². The molecular weight excluding hydrogens is 421 g/mol. The lowest BCUT2D eigenvalue weighted by Gasteiger charge is -2.50. The molecule has 1 amide bonds. The Labute approximate surface area is 192 Å². The van der Waals surface area contributed by atoms with Crippen LogP contribution < -0.4 is 10.0 Å². The van der Waals surface area contributed by atoms with Crippen LogP contribution >= 0.6 is 9.24 Å². The van der Waals surface area contributed by atoms with E-state index < -0.39 is 0 Å². The quantitative estimate of drug-likeness (QED) is 0.652. The van der Waals surface area contributed by atoms with Crippen molar-refractivity contribution in [2.45, 2.75) is 43.3 Å². The molecule has 2 saturated heterocycles. The molecule has 0 bridgehead atoms. The molecule has 6 nitrogen and oxygen atoms in total. The van der Waals surface area contributed by atoms with Gasteiger partial charge in [-0.3, -0.25) is 9.78 Å². The van der Waals surface area contributed by atoms with Crippen LogP contribution in [-0.2, 0) is 11.2 Å². The van der Waals surface area contributed by atoms with Crippen molar-refractivity contribution in [1.82, 2.24) is 14.8 Å². The van der Waals surface area contributed by atoms with Crippen LogP contribution in [0.5, 0.6) is 5.75 Å². The van der Waals surface area contributed by atoms with Gasteiger partial charge in [0.2, 0.25) is 0 Å². The molecule has 1 aromatic carbocycles. The number of carbonyl (C=O) groups is 1. The Morgan fingerprint density at radius 1 is 1.09 bits per heavy atom. The molecule has 3 aliphatic rings. The Morgan fingerprint density at radius 3 is 2.50 bits per heavy atom. The number of amides is 1. The van der Waals surface area contributed by atoms with Crippen LogP contribution in [0.15, 0.2) is 42.6 Å². The number of pyridine rings is 1. The fraction of sp³-hybridized carbons (Fsp3) is 0.520. The summed E-state index contributed by atoms with van der Waals surface area (Å²) in [5, 5.41) is 0.961. The summed E-state index contributed by atoms with van der Waals surface area (Å²) in [5.74, 6) is 0.991. The van der Waals surface area contributed by atoms with Crippen LogP contribution in [0, 0.1) is 0 Å². The van der Waals surface area contributed by atoms with Crippen molar-refractivity contribution in [2.24, 2.45) is 0 Å². The van der Waals surface area contributed by atoms with E-state index in [1.807, 2.05) is 42.6 Å². The summed E-state index contributed by atoms with van der Waals surface area (Å²) < 4.78 is 12.2. The molecule has 7 heteroatoms. The van der Waals surface area contributed by atoms with Gasteiger partial charge in [-0.05, 0) is 49.2 Å². The van der Waals surface area contributed by atoms with E-state index in [9.17, 15) is 4.79 Å². The lowest BCUT2D eigenvalue weighted by Crippen LogP contribution is -2.61. The molecule has 32 heavy (non-hydrogen) atoms. The Balaban J connectivity index is 1.24. The van der Waals surface area contributed by atoms with Gasteiger partial charge in [0.05, 0.1) is 37.1 Å². The largest absolute Gasteiger partial charge is 0.495 e. The van der Waals surface area contributed by atoms with Gasteiger partial charge in [-0.15, -0.1) is 9.24 Å². The van der Waals surface area contributed by atoms with Gasteiger partial charge < -0.3 is 19.3 Å². The monoisotopic (exact) mass is 453 g/mol. The minimum atomic E-state index is -0.223. The number of ether oxygens (including phenoxy) is 2. The molecule has 3 heterocycles. The van der Waals surface area contributed by atoms with Crippen LogP contribution in [0.1, 0.15) is 41.7 Å². The second-order valence-corrected chi connectivity index (χ2v) is 10.1. The Morgan fingerprint density at radius 2 is 1.81 bits per heavy atom. The van der Waals surface area contributed by atoms with Gasteiger partial charge in [0.25, 0.3) is 5.91 Å². The van der Waals surface area contributed by atoms with E-state index in [0.717, 1.165) is 80.6 Å². The number of nitrogens with zero attached hydrogens (tertiary/aromatic N) is 3. The van der Waals surface area contributed by atoms with Gasteiger partial charge in [-0.2, -0.15) is 0 Å². The van der Waals surface area contributed by atoms with E-state index in [1.54, 1.807) is 7.11 Å². The number of hydrogen-bond donors (Lipinski definition) is 0. The highest BCUT2D eigenvalue weighted by Crippen LogP contribution is 2.49. The van der Waals surface area contributed by atoms with E-state index in [2.05, 4.69) is 24.0 Å². The van der Waals surface area contributed by atoms with Crippen LogP contribution in [0.4, 0.5) is 0 Å². The predicted molar refractivity (Wildman–Crippen MR) is 128 cm³/mol. The lowest BCUT2D eigenvalue weighted by atomic mass is 9.87. The van der Waals surface area contributed by atoms with Gasteiger partial charge in [0.1, 0.15) is 5.75 Å². The number of rotatable bonds is 5. The number of aromatic nitrogens is 1. The van der Waals surface area contributed by atoms with Crippen LogP contribution in [0.25, 0.3) is 0 Å². The number of likely N-dealkylation sites (tertiary alicyclic amines) is 1. The normalized spacial score (nSPS) is 21.6. The molecule has 2 aromatic rings.